The third kappa shape index (κ3) is 8.31. The van der Waals surface area contributed by atoms with Crippen LogP contribution in [0.2, 0.25) is 0 Å². The summed E-state index contributed by atoms with van der Waals surface area (Å²) in [6, 6.07) is 0. The van der Waals surface area contributed by atoms with E-state index in [1.165, 1.54) is 38.5 Å². The summed E-state index contributed by atoms with van der Waals surface area (Å²) in [4.78, 5) is 11.9. The molecule has 2 rings (SSSR count). The summed E-state index contributed by atoms with van der Waals surface area (Å²) < 4.78 is 60.6. The van der Waals surface area contributed by atoms with Crippen molar-refractivity contribution in [3.8, 4) is 11.5 Å². The summed E-state index contributed by atoms with van der Waals surface area (Å²) in [6.07, 6.45) is 11.6. The molecule has 0 aromatic heterocycles. The molecule has 34 heavy (non-hydrogen) atoms. The molecule has 0 radical (unpaired) electrons. The molecule has 0 saturated heterocycles. The van der Waals surface area contributed by atoms with Crippen molar-refractivity contribution in [3.63, 3.8) is 0 Å². The lowest BCUT2D eigenvalue weighted by atomic mass is 9.84. The first-order valence-electron chi connectivity index (χ1n) is 16.4. The predicted octanol–water partition coefficient (Wildman–Crippen LogP) is 9.06. The summed E-state index contributed by atoms with van der Waals surface area (Å²) in [5.74, 6) is 1.39. The van der Waals surface area contributed by atoms with Gasteiger partial charge >= 0.3 is 5.97 Å². The number of ether oxygens (including phenoxy) is 2. The third-order valence-electron chi connectivity index (χ3n) is 7.52. The van der Waals surface area contributed by atoms with Crippen LogP contribution < -0.4 is 9.47 Å². The van der Waals surface area contributed by atoms with Crippen LogP contribution in [0, 0.1) is 38.4 Å². The standard InChI is InChI=1S/C31H52O3/c1-21(2)13-10-14-22(3)15-11-16-23(4)17-12-19-31(9)20-18-28-26(7)29(33-27(8)32)24(5)25(6)30(28)34-31/h21-23H,10-20H2,1-9H3/t22-,23-,31-/m0/s1/i5+1D3,7+1D3,8+1,27+1. The van der Waals surface area contributed by atoms with E-state index in [9.17, 15) is 4.79 Å². The number of hydrogen-bond acceptors (Lipinski definition) is 3. The quantitative estimate of drug-likeness (QED) is 0.160. The van der Waals surface area contributed by atoms with Crippen molar-refractivity contribution in [2.45, 2.75) is 138 Å². The van der Waals surface area contributed by atoms with Gasteiger partial charge in [0, 0.05) is 20.7 Å². The summed E-state index contributed by atoms with van der Waals surface area (Å²) in [5.41, 5.74) is -0.257. The summed E-state index contributed by atoms with van der Waals surface area (Å²) in [6.45, 7) is 8.71. The highest BCUT2D eigenvalue weighted by Crippen LogP contribution is 2.45. The molecule has 1 aliphatic heterocycles. The molecule has 1 aromatic rings. The number of benzene rings is 1. The van der Waals surface area contributed by atoms with Gasteiger partial charge in [-0.3, -0.25) is 4.79 Å². The van der Waals surface area contributed by atoms with E-state index in [4.69, 9.17) is 17.7 Å². The van der Waals surface area contributed by atoms with Gasteiger partial charge in [-0.1, -0.05) is 72.6 Å². The first kappa shape index (κ1) is 20.7. The second-order valence-electron chi connectivity index (χ2n) is 11.5. The van der Waals surface area contributed by atoms with Gasteiger partial charge in [0.1, 0.15) is 17.1 Å². The first-order valence-corrected chi connectivity index (χ1v) is 13.4. The largest absolute Gasteiger partial charge is 0.487 e. The molecule has 1 aliphatic rings. The van der Waals surface area contributed by atoms with E-state index in [2.05, 4.69) is 27.7 Å². The van der Waals surface area contributed by atoms with Gasteiger partial charge in [-0.05, 0) is 87.7 Å². The van der Waals surface area contributed by atoms with Crippen LogP contribution in [0.5, 0.6) is 11.5 Å². The van der Waals surface area contributed by atoms with Gasteiger partial charge in [0.05, 0.1) is 0 Å². The van der Waals surface area contributed by atoms with Gasteiger partial charge in [0.2, 0.25) is 0 Å². The van der Waals surface area contributed by atoms with Crippen molar-refractivity contribution in [2.24, 2.45) is 17.8 Å². The molecule has 1 aromatic carbocycles. The third-order valence-corrected chi connectivity index (χ3v) is 7.52. The minimum atomic E-state index is -2.68. The SMILES string of the molecule is [2H][13C]([2H])([2H])c1c(C)c2c(c([13C]([2H])([2H])[2H])c1O[13C]([13CH3])=O)CC[C@](C)(CCC[C@@H](C)CCC[C@@H](C)CCCC(C)C)O2. The average Bonchev–Trinajstić information content (AvgIpc) is 2.77. The summed E-state index contributed by atoms with van der Waals surface area (Å²) >= 11 is 0. The minimum absolute atomic E-state index is 0.219. The Bertz CT molecular complexity index is 999. The van der Waals surface area contributed by atoms with Crippen LogP contribution >= 0.6 is 0 Å². The van der Waals surface area contributed by atoms with Crippen LogP contribution in [0.4, 0.5) is 0 Å². The van der Waals surface area contributed by atoms with Crippen LogP contribution in [0.25, 0.3) is 0 Å². The smallest absolute Gasteiger partial charge is 0.308 e. The number of rotatable bonds is 13. The Hall–Kier alpha value is -1.51. The Morgan fingerprint density at radius 2 is 1.56 bits per heavy atom. The lowest BCUT2D eigenvalue weighted by molar-refractivity contribution is -0.132. The topological polar surface area (TPSA) is 35.5 Å². The number of fused-ring (bicyclic) bond motifs is 1. The second-order valence-corrected chi connectivity index (χ2v) is 11.5. The molecule has 0 fully saturated rings. The zero-order valence-corrected chi connectivity index (χ0v) is 22.7. The van der Waals surface area contributed by atoms with Crippen molar-refractivity contribution in [3.05, 3.63) is 22.3 Å². The highest BCUT2D eigenvalue weighted by molar-refractivity contribution is 5.72. The molecule has 0 N–H and O–H groups in total. The van der Waals surface area contributed by atoms with Gasteiger partial charge in [0.25, 0.3) is 0 Å². The normalized spacial score (nSPS) is 22.8. The maximum atomic E-state index is 11.9. The van der Waals surface area contributed by atoms with Crippen molar-refractivity contribution in [1.82, 2.24) is 0 Å². The number of carbonyl (C=O) groups is 1. The van der Waals surface area contributed by atoms with Gasteiger partial charge in [0.15, 0.2) is 0 Å². The van der Waals surface area contributed by atoms with E-state index >= 15 is 0 Å². The average molecular weight is 483 g/mol. The molecule has 0 unspecified atom stereocenters. The van der Waals surface area contributed by atoms with Crippen molar-refractivity contribution >= 4 is 5.97 Å². The molecule has 0 saturated carbocycles. The molecule has 0 amide bonds. The van der Waals surface area contributed by atoms with Crippen molar-refractivity contribution in [2.75, 3.05) is 0 Å². The fourth-order valence-corrected chi connectivity index (χ4v) is 5.17. The fraction of sp³-hybridized carbons (Fsp3) is 0.774. The van der Waals surface area contributed by atoms with Gasteiger partial charge in [-0.2, -0.15) is 0 Å². The Morgan fingerprint density at radius 1 is 0.971 bits per heavy atom. The van der Waals surface area contributed by atoms with Crippen molar-refractivity contribution in [1.29, 1.82) is 0 Å². The monoisotopic (exact) mass is 482 g/mol. The molecular formula is C31H52O3. The maximum Gasteiger partial charge on any atom is 0.308 e. The second kappa shape index (κ2) is 13.0. The van der Waals surface area contributed by atoms with E-state index in [0.29, 0.717) is 35.6 Å². The molecule has 0 spiro atoms. The Labute approximate surface area is 218 Å². The van der Waals surface area contributed by atoms with Gasteiger partial charge in [-0.25, -0.2) is 0 Å². The molecule has 3 atom stereocenters. The molecule has 3 nitrogen and oxygen atoms in total. The van der Waals surface area contributed by atoms with Crippen LogP contribution in [0.3, 0.4) is 0 Å². The van der Waals surface area contributed by atoms with E-state index in [0.717, 1.165) is 38.0 Å². The number of esters is 1. The number of carbonyl (C=O) groups excluding carboxylic acids is 1. The highest BCUT2D eigenvalue weighted by atomic mass is 16.6. The summed E-state index contributed by atoms with van der Waals surface area (Å²) in [7, 11) is 0. The molecule has 0 aliphatic carbocycles. The zero-order valence-electron chi connectivity index (χ0n) is 28.7. The zero-order chi connectivity index (χ0) is 30.5. The van der Waals surface area contributed by atoms with Crippen LogP contribution in [0.1, 0.15) is 136 Å². The van der Waals surface area contributed by atoms with Crippen LogP contribution in [0.15, 0.2) is 0 Å². The van der Waals surface area contributed by atoms with Crippen LogP contribution in [-0.2, 0) is 11.2 Å². The molecule has 0 bridgehead atoms. The summed E-state index contributed by atoms with van der Waals surface area (Å²) in [5, 5.41) is 0. The van der Waals surface area contributed by atoms with E-state index in [1.54, 1.807) is 6.92 Å². The molecule has 3 heteroatoms. The Balaban J connectivity index is 2.11. The lowest BCUT2D eigenvalue weighted by Crippen LogP contribution is -2.37. The van der Waals surface area contributed by atoms with E-state index in [1.807, 2.05) is 6.92 Å². The Kier molecular flexibility index (Phi) is 7.89. The van der Waals surface area contributed by atoms with E-state index in [-0.39, 0.29) is 16.9 Å². The van der Waals surface area contributed by atoms with Gasteiger partial charge in [-0.15, -0.1) is 0 Å². The lowest BCUT2D eigenvalue weighted by Gasteiger charge is -2.38. The number of hydrogen-bond donors (Lipinski definition) is 0. The Morgan fingerprint density at radius 3 is 2.12 bits per heavy atom. The van der Waals surface area contributed by atoms with Gasteiger partial charge < -0.3 is 9.47 Å². The molecule has 194 valence electrons. The minimum Gasteiger partial charge on any atom is -0.487 e. The van der Waals surface area contributed by atoms with Crippen LogP contribution in [-0.4, -0.2) is 11.6 Å². The highest BCUT2D eigenvalue weighted by Gasteiger charge is 2.34. The molecule has 1 heterocycles. The fourth-order valence-electron chi connectivity index (χ4n) is 5.17. The van der Waals surface area contributed by atoms with E-state index < -0.39 is 25.3 Å². The maximum absolute atomic E-state index is 11.9. The first-order chi connectivity index (χ1) is 18.4. The predicted molar refractivity (Wildman–Crippen MR) is 144 cm³/mol. The molecular weight excluding hydrogens is 424 g/mol. The van der Waals surface area contributed by atoms with Crippen molar-refractivity contribution < 1.29 is 22.5 Å².